The zero-order chi connectivity index (χ0) is 22.7. The average Bonchev–Trinajstić information content (AvgIpc) is 3.14. The van der Waals surface area contributed by atoms with Crippen molar-refractivity contribution in [1.82, 2.24) is 14.5 Å². The predicted octanol–water partition coefficient (Wildman–Crippen LogP) is 5.09. The van der Waals surface area contributed by atoms with Crippen molar-refractivity contribution in [1.29, 1.82) is 0 Å². The van der Waals surface area contributed by atoms with Crippen LogP contribution in [0.5, 0.6) is 0 Å². The van der Waals surface area contributed by atoms with Gasteiger partial charge in [0.15, 0.2) is 5.16 Å². The zero-order valence-electron chi connectivity index (χ0n) is 18.4. The van der Waals surface area contributed by atoms with Crippen LogP contribution in [0.2, 0.25) is 5.02 Å². The maximum absolute atomic E-state index is 12.9. The Morgan fingerprint density at radius 1 is 1.19 bits per heavy atom. The Morgan fingerprint density at radius 3 is 2.56 bits per heavy atom. The molecule has 32 heavy (non-hydrogen) atoms. The Hall–Kier alpha value is -2.32. The van der Waals surface area contributed by atoms with E-state index >= 15 is 0 Å². The van der Waals surface area contributed by atoms with Crippen LogP contribution in [0.25, 0.3) is 0 Å². The number of hydrogen-bond donors (Lipinski definition) is 1. The fourth-order valence-corrected chi connectivity index (χ4v) is 4.91. The second-order valence-electron chi connectivity index (χ2n) is 8.17. The third-order valence-corrected chi connectivity index (χ3v) is 6.67. The number of rotatable bonds is 6. The number of carbonyl (C=O) groups excluding carboxylic acids is 1. The first-order valence-corrected chi connectivity index (χ1v) is 11.8. The number of nitrogens with zero attached hydrogens (tertiary/aromatic N) is 3. The summed E-state index contributed by atoms with van der Waals surface area (Å²) in [6.07, 6.45) is 4.10. The maximum atomic E-state index is 12.9. The quantitative estimate of drug-likeness (QED) is 0.544. The summed E-state index contributed by atoms with van der Waals surface area (Å²) in [7, 11) is 1.93. The van der Waals surface area contributed by atoms with E-state index in [2.05, 4.69) is 29.0 Å². The highest BCUT2D eigenvalue weighted by molar-refractivity contribution is 7.99. The molecular weight excluding hydrogens is 444 g/mol. The fourth-order valence-electron chi connectivity index (χ4n) is 3.87. The second-order valence-corrected chi connectivity index (χ2v) is 9.61. The molecule has 0 aliphatic carbocycles. The number of imidazole rings is 1. The predicted molar refractivity (Wildman–Crippen MR) is 128 cm³/mol. The number of benzene rings is 2. The molecule has 2 heterocycles. The Balaban J connectivity index is 1.44. The van der Waals surface area contributed by atoms with Crippen LogP contribution in [0.3, 0.4) is 0 Å². The smallest absolute Gasteiger partial charge is 0.255 e. The van der Waals surface area contributed by atoms with Crippen molar-refractivity contribution >= 4 is 35.0 Å². The van der Waals surface area contributed by atoms with E-state index in [4.69, 9.17) is 16.3 Å². The third kappa shape index (κ3) is 5.72. The van der Waals surface area contributed by atoms with Crippen LogP contribution >= 0.6 is 23.4 Å². The first-order valence-electron chi connectivity index (χ1n) is 10.6. The van der Waals surface area contributed by atoms with Gasteiger partial charge in [-0.15, -0.1) is 0 Å². The van der Waals surface area contributed by atoms with E-state index in [1.807, 2.05) is 54.2 Å². The van der Waals surface area contributed by atoms with Crippen LogP contribution < -0.4 is 5.32 Å². The summed E-state index contributed by atoms with van der Waals surface area (Å²) in [4.78, 5) is 20.5. The normalized spacial score (nSPS) is 19.1. The van der Waals surface area contributed by atoms with E-state index in [1.165, 1.54) is 17.3 Å². The van der Waals surface area contributed by atoms with Gasteiger partial charge in [-0.25, -0.2) is 4.98 Å². The first-order chi connectivity index (χ1) is 15.4. The van der Waals surface area contributed by atoms with Crippen LogP contribution in [-0.2, 0) is 18.3 Å². The topological polar surface area (TPSA) is 59.4 Å². The number of amides is 1. The molecule has 1 fully saturated rings. The summed E-state index contributed by atoms with van der Waals surface area (Å²) in [6, 6.07) is 13.2. The van der Waals surface area contributed by atoms with Crippen molar-refractivity contribution in [2.45, 2.75) is 42.7 Å². The number of aryl methyl sites for hydroxylation is 1. The minimum Gasteiger partial charge on any atom is -0.373 e. The van der Waals surface area contributed by atoms with Crippen molar-refractivity contribution in [3.63, 3.8) is 0 Å². The highest BCUT2D eigenvalue weighted by Gasteiger charge is 2.22. The Bertz CT molecular complexity index is 1080. The van der Waals surface area contributed by atoms with Gasteiger partial charge in [-0.3, -0.25) is 9.69 Å². The summed E-state index contributed by atoms with van der Waals surface area (Å²) in [6.45, 7) is 6.88. The molecule has 2 aromatic carbocycles. The molecule has 168 valence electrons. The summed E-state index contributed by atoms with van der Waals surface area (Å²) in [5, 5.41) is 4.40. The molecule has 0 radical (unpaired) electrons. The van der Waals surface area contributed by atoms with E-state index in [9.17, 15) is 4.79 Å². The lowest BCUT2D eigenvalue weighted by atomic mass is 10.1. The Kier molecular flexibility index (Phi) is 7.20. The molecule has 3 aromatic rings. The van der Waals surface area contributed by atoms with Gasteiger partial charge in [0, 0.05) is 54.6 Å². The van der Waals surface area contributed by atoms with Crippen molar-refractivity contribution in [2.24, 2.45) is 7.05 Å². The molecule has 2 unspecified atom stereocenters. The van der Waals surface area contributed by atoms with E-state index in [-0.39, 0.29) is 18.1 Å². The van der Waals surface area contributed by atoms with Gasteiger partial charge in [0.2, 0.25) is 0 Å². The molecule has 1 aliphatic heterocycles. The number of halogens is 1. The van der Waals surface area contributed by atoms with Gasteiger partial charge < -0.3 is 14.6 Å². The van der Waals surface area contributed by atoms with E-state index in [1.54, 1.807) is 12.3 Å². The second kappa shape index (κ2) is 10.1. The summed E-state index contributed by atoms with van der Waals surface area (Å²) < 4.78 is 7.74. The minimum atomic E-state index is -0.172. The molecular formula is C24H27ClN4O2S. The SMILES string of the molecule is CC1CN(Cc2ccc(C(=O)Nc3cc(Cl)ccc3Sc3nccn3C)cc2)CC(C)O1. The Morgan fingerprint density at radius 2 is 1.91 bits per heavy atom. The van der Waals surface area contributed by atoms with Gasteiger partial charge in [-0.1, -0.05) is 23.7 Å². The monoisotopic (exact) mass is 470 g/mol. The molecule has 0 saturated carbocycles. The minimum absolute atomic E-state index is 0.172. The molecule has 6 nitrogen and oxygen atoms in total. The van der Waals surface area contributed by atoms with Crippen molar-refractivity contribution < 1.29 is 9.53 Å². The standard InChI is InChI=1S/C24H27ClN4O2S/c1-16-13-29(14-17(2)31-16)15-18-4-6-19(7-5-18)23(30)27-21-12-20(25)8-9-22(21)32-24-26-10-11-28(24)3/h4-12,16-17H,13-15H2,1-3H3,(H,27,30). The van der Waals surface area contributed by atoms with Gasteiger partial charge in [0.05, 0.1) is 17.9 Å². The molecule has 4 rings (SSSR count). The lowest BCUT2D eigenvalue weighted by Crippen LogP contribution is -2.44. The lowest BCUT2D eigenvalue weighted by Gasteiger charge is -2.35. The van der Waals surface area contributed by atoms with Gasteiger partial charge in [0.1, 0.15) is 0 Å². The maximum Gasteiger partial charge on any atom is 0.255 e. The number of nitrogens with one attached hydrogen (secondary N) is 1. The fraction of sp³-hybridized carbons (Fsp3) is 0.333. The summed E-state index contributed by atoms with van der Waals surface area (Å²) >= 11 is 7.68. The number of ether oxygens (including phenoxy) is 1. The van der Waals surface area contributed by atoms with Crippen LogP contribution in [0.4, 0.5) is 5.69 Å². The molecule has 1 amide bonds. The van der Waals surface area contributed by atoms with Crippen LogP contribution in [0, 0.1) is 0 Å². The lowest BCUT2D eigenvalue weighted by molar-refractivity contribution is -0.0704. The van der Waals surface area contributed by atoms with E-state index in [0.29, 0.717) is 16.3 Å². The van der Waals surface area contributed by atoms with Gasteiger partial charge in [-0.2, -0.15) is 0 Å². The third-order valence-electron chi connectivity index (χ3n) is 5.29. The average molecular weight is 471 g/mol. The molecule has 0 spiro atoms. The van der Waals surface area contributed by atoms with Crippen LogP contribution in [0.15, 0.2) is 64.9 Å². The first kappa shape index (κ1) is 22.9. The van der Waals surface area contributed by atoms with E-state index < -0.39 is 0 Å². The molecule has 1 saturated heterocycles. The van der Waals surface area contributed by atoms with Crippen molar-refractivity contribution in [3.8, 4) is 0 Å². The van der Waals surface area contributed by atoms with Crippen molar-refractivity contribution in [2.75, 3.05) is 18.4 Å². The van der Waals surface area contributed by atoms with Gasteiger partial charge >= 0.3 is 0 Å². The zero-order valence-corrected chi connectivity index (χ0v) is 20.0. The molecule has 1 aromatic heterocycles. The number of aromatic nitrogens is 2. The largest absolute Gasteiger partial charge is 0.373 e. The highest BCUT2D eigenvalue weighted by atomic mass is 35.5. The molecule has 8 heteroatoms. The molecule has 2 atom stereocenters. The Labute approximate surface area is 197 Å². The molecule has 1 aliphatic rings. The van der Waals surface area contributed by atoms with Crippen LogP contribution in [-0.4, -0.2) is 45.7 Å². The van der Waals surface area contributed by atoms with Crippen molar-refractivity contribution in [3.05, 3.63) is 71.0 Å². The number of hydrogen-bond acceptors (Lipinski definition) is 5. The summed E-state index contributed by atoms with van der Waals surface area (Å²) in [5.41, 5.74) is 2.44. The highest BCUT2D eigenvalue weighted by Crippen LogP contribution is 2.34. The number of carbonyl (C=O) groups is 1. The van der Waals surface area contributed by atoms with Gasteiger partial charge in [-0.05, 0) is 61.5 Å². The van der Waals surface area contributed by atoms with Gasteiger partial charge in [0.25, 0.3) is 5.91 Å². The molecule has 0 bridgehead atoms. The van der Waals surface area contributed by atoms with Crippen LogP contribution in [0.1, 0.15) is 29.8 Å². The number of anilines is 1. The van der Waals surface area contributed by atoms with E-state index in [0.717, 1.165) is 29.7 Å². The molecule has 1 N–H and O–H groups in total. The summed E-state index contributed by atoms with van der Waals surface area (Å²) in [5.74, 6) is -0.172. The number of morpholine rings is 1.